The Morgan fingerprint density at radius 1 is 1.08 bits per heavy atom. The van der Waals surface area contributed by atoms with Gasteiger partial charge in [-0.15, -0.1) is 0 Å². The Morgan fingerprint density at radius 3 is 2.42 bits per heavy atom. The lowest BCUT2D eigenvalue weighted by Crippen LogP contribution is -2.46. The predicted octanol–water partition coefficient (Wildman–Crippen LogP) is 2.16. The van der Waals surface area contributed by atoms with E-state index in [-0.39, 0.29) is 5.91 Å². The first-order valence-corrected chi connectivity index (χ1v) is 8.21. The Morgan fingerprint density at radius 2 is 1.79 bits per heavy atom. The molecule has 6 nitrogen and oxygen atoms in total. The molecular weight excluding hydrogens is 326 g/mol. The van der Waals surface area contributed by atoms with E-state index in [1.54, 1.807) is 26.5 Å². The Hall–Kier alpha value is -2.34. The van der Waals surface area contributed by atoms with E-state index in [1.807, 2.05) is 24.3 Å². The van der Waals surface area contributed by atoms with Crippen LogP contribution in [0.4, 0.5) is 11.5 Å². The summed E-state index contributed by atoms with van der Waals surface area (Å²) >= 11 is 5.89. The number of hydrogen-bond donors (Lipinski definition) is 0. The third kappa shape index (κ3) is 3.59. The molecule has 2 aromatic heterocycles. The Balaban J connectivity index is 1.67. The molecule has 3 heterocycles. The van der Waals surface area contributed by atoms with E-state index < -0.39 is 0 Å². The van der Waals surface area contributed by atoms with Crippen LogP contribution in [0.5, 0.6) is 0 Å². The van der Waals surface area contributed by atoms with Crippen LogP contribution in [0.25, 0.3) is 0 Å². The molecule has 0 saturated carbocycles. The van der Waals surface area contributed by atoms with Crippen LogP contribution in [-0.2, 0) is 0 Å². The first kappa shape index (κ1) is 16.5. The molecule has 0 bridgehead atoms. The highest BCUT2D eigenvalue weighted by Crippen LogP contribution is 2.20. The van der Waals surface area contributed by atoms with E-state index in [0.717, 1.165) is 37.7 Å². The van der Waals surface area contributed by atoms with Crippen LogP contribution in [0.1, 0.15) is 10.5 Å². The Labute approximate surface area is 146 Å². The van der Waals surface area contributed by atoms with E-state index in [2.05, 4.69) is 19.8 Å². The molecule has 2 aromatic rings. The van der Waals surface area contributed by atoms with Gasteiger partial charge in [0.1, 0.15) is 11.5 Å². The Bertz CT molecular complexity index is 711. The van der Waals surface area contributed by atoms with Gasteiger partial charge in [-0.05, 0) is 24.3 Å². The van der Waals surface area contributed by atoms with Gasteiger partial charge in [-0.3, -0.25) is 9.78 Å². The number of carbonyl (C=O) groups is 1. The molecule has 0 radical (unpaired) electrons. The summed E-state index contributed by atoms with van der Waals surface area (Å²) in [5, 5.41) is 0.646. The molecule has 1 saturated heterocycles. The molecular formula is C17H20ClN5O. The number of halogens is 1. The molecule has 0 aliphatic carbocycles. The van der Waals surface area contributed by atoms with Crippen LogP contribution in [0.3, 0.4) is 0 Å². The van der Waals surface area contributed by atoms with Crippen LogP contribution in [0.15, 0.2) is 36.7 Å². The van der Waals surface area contributed by atoms with Gasteiger partial charge in [0, 0.05) is 58.4 Å². The summed E-state index contributed by atoms with van der Waals surface area (Å²) in [6, 6.07) is 7.61. The van der Waals surface area contributed by atoms with Crippen molar-refractivity contribution >= 4 is 29.0 Å². The van der Waals surface area contributed by atoms with Crippen molar-refractivity contribution in [2.45, 2.75) is 0 Å². The number of carbonyl (C=O) groups excluding carboxylic acids is 1. The minimum absolute atomic E-state index is 0.0825. The predicted molar refractivity (Wildman–Crippen MR) is 95.9 cm³/mol. The summed E-state index contributed by atoms with van der Waals surface area (Å²) in [5.41, 5.74) is 1.50. The molecule has 1 aliphatic heterocycles. The fourth-order valence-electron chi connectivity index (χ4n) is 2.71. The first-order chi connectivity index (χ1) is 11.5. The summed E-state index contributed by atoms with van der Waals surface area (Å²) in [4.78, 5) is 26.6. The number of aromatic nitrogens is 2. The molecule has 0 aromatic carbocycles. The van der Waals surface area contributed by atoms with Gasteiger partial charge in [-0.2, -0.15) is 0 Å². The topological polar surface area (TPSA) is 52.6 Å². The van der Waals surface area contributed by atoms with Crippen molar-refractivity contribution in [2.24, 2.45) is 0 Å². The quantitative estimate of drug-likeness (QED) is 0.853. The van der Waals surface area contributed by atoms with Gasteiger partial charge in [0.2, 0.25) is 0 Å². The van der Waals surface area contributed by atoms with Crippen molar-refractivity contribution in [3.05, 3.63) is 47.4 Å². The SMILES string of the molecule is CN(C)C(=O)c1cc(N2CCN(c3ccc(Cl)cn3)CC2)ccn1. The van der Waals surface area contributed by atoms with Crippen molar-refractivity contribution in [1.82, 2.24) is 14.9 Å². The average molecular weight is 346 g/mol. The fourth-order valence-corrected chi connectivity index (χ4v) is 2.82. The molecule has 0 N–H and O–H groups in total. The highest BCUT2D eigenvalue weighted by molar-refractivity contribution is 6.30. The maximum atomic E-state index is 12.1. The normalized spacial score (nSPS) is 14.6. The van der Waals surface area contributed by atoms with Crippen LogP contribution in [0, 0.1) is 0 Å². The summed E-state index contributed by atoms with van der Waals surface area (Å²) < 4.78 is 0. The van der Waals surface area contributed by atoms with Gasteiger partial charge in [0.05, 0.1) is 5.02 Å². The van der Waals surface area contributed by atoms with E-state index in [4.69, 9.17) is 11.6 Å². The average Bonchev–Trinajstić information content (AvgIpc) is 2.62. The molecule has 7 heteroatoms. The van der Waals surface area contributed by atoms with Gasteiger partial charge < -0.3 is 14.7 Å². The molecule has 3 rings (SSSR count). The fraction of sp³-hybridized carbons (Fsp3) is 0.353. The van der Waals surface area contributed by atoms with Gasteiger partial charge in [-0.25, -0.2) is 4.98 Å². The molecule has 1 amide bonds. The third-order valence-electron chi connectivity index (χ3n) is 4.05. The smallest absolute Gasteiger partial charge is 0.272 e. The van der Waals surface area contributed by atoms with E-state index in [0.29, 0.717) is 10.7 Å². The zero-order chi connectivity index (χ0) is 17.1. The summed E-state index contributed by atoms with van der Waals surface area (Å²) in [5.74, 6) is 0.859. The number of rotatable bonds is 3. The van der Waals surface area contributed by atoms with Gasteiger partial charge in [-0.1, -0.05) is 11.6 Å². The lowest BCUT2D eigenvalue weighted by Gasteiger charge is -2.36. The first-order valence-electron chi connectivity index (χ1n) is 7.84. The Kier molecular flexibility index (Phi) is 4.85. The van der Waals surface area contributed by atoms with E-state index in [9.17, 15) is 4.79 Å². The van der Waals surface area contributed by atoms with Crippen molar-refractivity contribution < 1.29 is 4.79 Å². The largest absolute Gasteiger partial charge is 0.368 e. The van der Waals surface area contributed by atoms with Crippen LogP contribution >= 0.6 is 11.6 Å². The highest BCUT2D eigenvalue weighted by atomic mass is 35.5. The minimum Gasteiger partial charge on any atom is -0.368 e. The van der Waals surface area contributed by atoms with Crippen molar-refractivity contribution in [3.8, 4) is 0 Å². The maximum absolute atomic E-state index is 12.1. The van der Waals surface area contributed by atoms with Crippen molar-refractivity contribution in [3.63, 3.8) is 0 Å². The third-order valence-corrected chi connectivity index (χ3v) is 4.27. The maximum Gasteiger partial charge on any atom is 0.272 e. The molecule has 126 valence electrons. The second-order valence-corrected chi connectivity index (χ2v) is 6.34. The minimum atomic E-state index is -0.0825. The van der Waals surface area contributed by atoms with Crippen LogP contribution in [0.2, 0.25) is 5.02 Å². The van der Waals surface area contributed by atoms with E-state index in [1.165, 1.54) is 4.90 Å². The molecule has 0 atom stereocenters. The number of pyridine rings is 2. The second-order valence-electron chi connectivity index (χ2n) is 5.91. The number of amides is 1. The zero-order valence-electron chi connectivity index (χ0n) is 13.8. The van der Waals surface area contributed by atoms with Crippen molar-refractivity contribution in [2.75, 3.05) is 50.1 Å². The van der Waals surface area contributed by atoms with E-state index >= 15 is 0 Å². The summed E-state index contributed by atoms with van der Waals surface area (Å²) in [7, 11) is 3.46. The number of nitrogens with zero attached hydrogens (tertiary/aromatic N) is 5. The number of anilines is 2. The molecule has 24 heavy (non-hydrogen) atoms. The molecule has 1 fully saturated rings. The second kappa shape index (κ2) is 7.05. The van der Waals surface area contributed by atoms with Gasteiger partial charge in [0.25, 0.3) is 5.91 Å². The monoisotopic (exact) mass is 345 g/mol. The molecule has 0 spiro atoms. The summed E-state index contributed by atoms with van der Waals surface area (Å²) in [6.07, 6.45) is 3.37. The van der Waals surface area contributed by atoms with Gasteiger partial charge in [0.15, 0.2) is 0 Å². The van der Waals surface area contributed by atoms with Crippen molar-refractivity contribution in [1.29, 1.82) is 0 Å². The zero-order valence-corrected chi connectivity index (χ0v) is 14.6. The lowest BCUT2D eigenvalue weighted by atomic mass is 10.2. The number of piperazine rings is 1. The number of hydrogen-bond acceptors (Lipinski definition) is 5. The van der Waals surface area contributed by atoms with Crippen LogP contribution < -0.4 is 9.80 Å². The molecule has 1 aliphatic rings. The standard InChI is InChI=1S/C17H20ClN5O/c1-21(2)17(24)15-11-14(5-6-19-15)22-7-9-23(10-8-22)16-4-3-13(18)12-20-16/h3-6,11-12H,7-10H2,1-2H3. The van der Waals surface area contributed by atoms with Gasteiger partial charge >= 0.3 is 0 Å². The lowest BCUT2D eigenvalue weighted by molar-refractivity contribution is 0.0822. The molecule has 0 unspecified atom stereocenters. The highest BCUT2D eigenvalue weighted by Gasteiger charge is 2.19. The summed E-state index contributed by atoms with van der Waals surface area (Å²) in [6.45, 7) is 3.47. The van der Waals surface area contributed by atoms with Crippen LogP contribution in [-0.4, -0.2) is 61.0 Å².